The van der Waals surface area contributed by atoms with Gasteiger partial charge in [-0.1, -0.05) is 19.1 Å². The molecule has 1 atom stereocenters. The number of aromatic nitrogens is 2. The van der Waals surface area contributed by atoms with E-state index in [1.165, 1.54) is 5.56 Å². The standard InChI is InChI=1S/C16H22N4S/c1-5-13-6-8-14(9-7-13)18-16(21)17-11(2)15-10-20(4)19-12(15)3/h6-11H,5H2,1-4H3,(H2,17,18,21). The van der Waals surface area contributed by atoms with Crippen molar-refractivity contribution in [3.05, 3.63) is 47.3 Å². The number of anilines is 1. The predicted molar refractivity (Wildman–Crippen MR) is 91.5 cm³/mol. The lowest BCUT2D eigenvalue weighted by Gasteiger charge is -2.16. The molecule has 0 fully saturated rings. The zero-order valence-electron chi connectivity index (χ0n) is 13.0. The molecule has 2 aromatic rings. The first-order valence-electron chi connectivity index (χ1n) is 7.16. The topological polar surface area (TPSA) is 41.9 Å². The van der Waals surface area contributed by atoms with Gasteiger partial charge in [-0.05, 0) is 50.2 Å². The van der Waals surface area contributed by atoms with Crippen LogP contribution in [0.2, 0.25) is 0 Å². The van der Waals surface area contributed by atoms with Gasteiger partial charge in [0.25, 0.3) is 0 Å². The summed E-state index contributed by atoms with van der Waals surface area (Å²) in [6.45, 7) is 6.23. The number of nitrogens with one attached hydrogen (secondary N) is 2. The van der Waals surface area contributed by atoms with Crippen molar-refractivity contribution in [1.29, 1.82) is 0 Å². The Kier molecular flexibility index (Phi) is 4.96. The summed E-state index contributed by atoms with van der Waals surface area (Å²) in [5, 5.41) is 11.5. The Hall–Kier alpha value is -1.88. The molecule has 0 aliphatic carbocycles. The largest absolute Gasteiger partial charge is 0.356 e. The van der Waals surface area contributed by atoms with Crippen LogP contribution in [0.5, 0.6) is 0 Å². The van der Waals surface area contributed by atoms with Crippen LogP contribution >= 0.6 is 12.2 Å². The monoisotopic (exact) mass is 302 g/mol. The summed E-state index contributed by atoms with van der Waals surface area (Å²) < 4.78 is 1.82. The molecule has 2 rings (SSSR count). The highest BCUT2D eigenvalue weighted by Crippen LogP contribution is 2.16. The van der Waals surface area contributed by atoms with Gasteiger partial charge in [0, 0.05) is 24.5 Å². The van der Waals surface area contributed by atoms with Crippen molar-refractivity contribution in [3.8, 4) is 0 Å². The molecule has 1 aromatic heterocycles. The summed E-state index contributed by atoms with van der Waals surface area (Å²) in [5.74, 6) is 0. The van der Waals surface area contributed by atoms with Crippen LogP contribution in [-0.4, -0.2) is 14.9 Å². The first kappa shape index (κ1) is 15.5. The van der Waals surface area contributed by atoms with Crippen LogP contribution in [0.3, 0.4) is 0 Å². The van der Waals surface area contributed by atoms with Crippen LogP contribution in [0.1, 0.15) is 36.7 Å². The highest BCUT2D eigenvalue weighted by Gasteiger charge is 2.12. The molecule has 21 heavy (non-hydrogen) atoms. The van der Waals surface area contributed by atoms with Crippen molar-refractivity contribution in [3.63, 3.8) is 0 Å². The van der Waals surface area contributed by atoms with Gasteiger partial charge < -0.3 is 10.6 Å². The smallest absolute Gasteiger partial charge is 0.171 e. The molecule has 1 heterocycles. The Morgan fingerprint density at radius 1 is 1.33 bits per heavy atom. The van der Waals surface area contributed by atoms with E-state index in [0.717, 1.165) is 23.4 Å². The van der Waals surface area contributed by atoms with Crippen LogP contribution in [-0.2, 0) is 13.5 Å². The highest BCUT2D eigenvalue weighted by atomic mass is 32.1. The molecule has 0 bridgehead atoms. The maximum absolute atomic E-state index is 5.37. The minimum atomic E-state index is 0.119. The number of rotatable bonds is 4. The zero-order valence-corrected chi connectivity index (χ0v) is 13.8. The van der Waals surface area contributed by atoms with Crippen LogP contribution in [0, 0.1) is 6.92 Å². The second kappa shape index (κ2) is 6.72. The number of hydrogen-bond acceptors (Lipinski definition) is 2. The lowest BCUT2D eigenvalue weighted by Crippen LogP contribution is -2.31. The van der Waals surface area contributed by atoms with E-state index < -0.39 is 0 Å². The molecular weight excluding hydrogens is 280 g/mol. The number of hydrogen-bond donors (Lipinski definition) is 2. The van der Waals surface area contributed by atoms with Crippen molar-refractivity contribution in [2.75, 3.05) is 5.32 Å². The van der Waals surface area contributed by atoms with Gasteiger partial charge in [-0.15, -0.1) is 0 Å². The molecular formula is C16H22N4S. The van der Waals surface area contributed by atoms with Crippen molar-refractivity contribution in [1.82, 2.24) is 15.1 Å². The number of aryl methyl sites for hydroxylation is 3. The van der Waals surface area contributed by atoms with Gasteiger partial charge in [0.15, 0.2) is 5.11 Å². The van der Waals surface area contributed by atoms with Crippen molar-refractivity contribution in [2.24, 2.45) is 7.05 Å². The van der Waals surface area contributed by atoms with E-state index in [2.05, 4.69) is 41.7 Å². The van der Waals surface area contributed by atoms with E-state index in [4.69, 9.17) is 12.2 Å². The van der Waals surface area contributed by atoms with Crippen molar-refractivity contribution >= 4 is 23.0 Å². The van der Waals surface area contributed by atoms with Gasteiger partial charge in [-0.2, -0.15) is 5.10 Å². The second-order valence-electron chi connectivity index (χ2n) is 5.21. The van der Waals surface area contributed by atoms with Crippen LogP contribution in [0.4, 0.5) is 5.69 Å². The van der Waals surface area contributed by atoms with Gasteiger partial charge in [0.1, 0.15) is 0 Å². The quantitative estimate of drug-likeness (QED) is 0.850. The van der Waals surface area contributed by atoms with Crippen molar-refractivity contribution < 1.29 is 0 Å². The lowest BCUT2D eigenvalue weighted by molar-refractivity contribution is 0.715. The Balaban J connectivity index is 1.96. The Morgan fingerprint density at radius 2 is 2.00 bits per heavy atom. The molecule has 0 saturated heterocycles. The van der Waals surface area contributed by atoms with Gasteiger partial charge in [-0.3, -0.25) is 4.68 Å². The molecule has 0 aliphatic heterocycles. The summed E-state index contributed by atoms with van der Waals surface area (Å²) in [6.07, 6.45) is 3.06. The molecule has 0 radical (unpaired) electrons. The van der Waals surface area contributed by atoms with E-state index in [1.54, 1.807) is 0 Å². The van der Waals surface area contributed by atoms with Crippen LogP contribution in [0.25, 0.3) is 0 Å². The van der Waals surface area contributed by atoms with Gasteiger partial charge >= 0.3 is 0 Å². The van der Waals surface area contributed by atoms with Crippen LogP contribution in [0.15, 0.2) is 30.5 Å². The Morgan fingerprint density at radius 3 is 2.52 bits per heavy atom. The molecule has 2 N–H and O–H groups in total. The highest BCUT2D eigenvalue weighted by molar-refractivity contribution is 7.80. The fourth-order valence-corrected chi connectivity index (χ4v) is 2.60. The summed E-state index contributed by atoms with van der Waals surface area (Å²) in [4.78, 5) is 0. The maximum Gasteiger partial charge on any atom is 0.171 e. The number of benzene rings is 1. The summed E-state index contributed by atoms with van der Waals surface area (Å²) in [6, 6.07) is 8.44. The summed E-state index contributed by atoms with van der Waals surface area (Å²) in [7, 11) is 1.93. The molecule has 1 aromatic carbocycles. The molecule has 0 spiro atoms. The van der Waals surface area contributed by atoms with Crippen molar-refractivity contribution in [2.45, 2.75) is 33.2 Å². The lowest BCUT2D eigenvalue weighted by atomic mass is 10.1. The molecule has 0 saturated carbocycles. The second-order valence-corrected chi connectivity index (χ2v) is 5.62. The minimum Gasteiger partial charge on any atom is -0.356 e. The molecule has 112 valence electrons. The summed E-state index contributed by atoms with van der Waals surface area (Å²) in [5.41, 5.74) is 4.49. The predicted octanol–water partition coefficient (Wildman–Crippen LogP) is 3.34. The van der Waals surface area contributed by atoms with E-state index in [1.807, 2.05) is 37.0 Å². The maximum atomic E-state index is 5.37. The third kappa shape index (κ3) is 4.04. The van der Waals surface area contributed by atoms with E-state index in [0.29, 0.717) is 5.11 Å². The number of nitrogens with zero attached hydrogens (tertiary/aromatic N) is 2. The van der Waals surface area contributed by atoms with Gasteiger partial charge in [0.2, 0.25) is 0 Å². The average molecular weight is 302 g/mol. The molecule has 1 unspecified atom stereocenters. The Bertz CT molecular complexity index is 616. The molecule has 5 heteroatoms. The first-order chi connectivity index (χ1) is 9.99. The van der Waals surface area contributed by atoms with E-state index in [9.17, 15) is 0 Å². The van der Waals surface area contributed by atoms with Crippen LogP contribution < -0.4 is 10.6 Å². The first-order valence-corrected chi connectivity index (χ1v) is 7.57. The average Bonchev–Trinajstić information content (AvgIpc) is 2.78. The van der Waals surface area contributed by atoms with Gasteiger partial charge in [0.05, 0.1) is 11.7 Å². The molecule has 0 aliphatic rings. The minimum absolute atomic E-state index is 0.119. The Labute approximate surface area is 131 Å². The fraction of sp³-hybridized carbons (Fsp3) is 0.375. The molecule has 4 nitrogen and oxygen atoms in total. The normalized spacial score (nSPS) is 12.0. The summed E-state index contributed by atoms with van der Waals surface area (Å²) >= 11 is 5.37. The molecule has 0 amide bonds. The van der Waals surface area contributed by atoms with E-state index >= 15 is 0 Å². The third-order valence-electron chi connectivity index (χ3n) is 3.49. The fourth-order valence-electron chi connectivity index (χ4n) is 2.31. The van der Waals surface area contributed by atoms with Gasteiger partial charge in [-0.25, -0.2) is 0 Å². The number of thiocarbonyl (C=S) groups is 1. The van der Waals surface area contributed by atoms with E-state index in [-0.39, 0.29) is 6.04 Å². The zero-order chi connectivity index (χ0) is 15.4. The third-order valence-corrected chi connectivity index (χ3v) is 3.71. The SMILES string of the molecule is CCc1ccc(NC(=S)NC(C)c2cn(C)nc2C)cc1.